The number of halogens is 3. The molecule has 0 fully saturated rings. The Bertz CT molecular complexity index is 533. The molecule has 0 saturated heterocycles. The smallest absolute Gasteiger partial charge is 0.311 e. The quantitative estimate of drug-likeness (QED) is 0.794. The molecule has 2 N–H and O–H groups in total. The van der Waals surface area contributed by atoms with Crippen LogP contribution < -0.4 is 5.32 Å². The molecule has 0 aliphatic rings. The highest BCUT2D eigenvalue weighted by Gasteiger charge is 2.35. The number of carboxylic acids is 1. The van der Waals surface area contributed by atoms with Crippen LogP contribution in [0.15, 0.2) is 12.1 Å². The highest BCUT2D eigenvalue weighted by atomic mass is 19.2. The molecule has 1 aromatic carbocycles. The van der Waals surface area contributed by atoms with Gasteiger partial charge in [-0.15, -0.1) is 0 Å². The van der Waals surface area contributed by atoms with Crippen molar-refractivity contribution in [3.8, 4) is 0 Å². The number of amides is 1. The molecule has 116 valence electrons. The maximum Gasteiger partial charge on any atom is 0.311 e. The molecule has 1 aromatic rings. The van der Waals surface area contributed by atoms with E-state index in [2.05, 4.69) is 5.32 Å². The third-order valence-corrected chi connectivity index (χ3v) is 3.64. The summed E-state index contributed by atoms with van der Waals surface area (Å²) in [5, 5.41) is 11.5. The summed E-state index contributed by atoms with van der Waals surface area (Å²) in [7, 11) is 0. The van der Waals surface area contributed by atoms with Gasteiger partial charge in [-0.1, -0.05) is 13.8 Å². The number of carbonyl (C=O) groups excluding carboxylic acids is 1. The molecule has 0 spiro atoms. The molecule has 0 bridgehead atoms. The van der Waals surface area contributed by atoms with Gasteiger partial charge in [-0.05, 0) is 25.0 Å². The Hall–Kier alpha value is -2.05. The van der Waals surface area contributed by atoms with E-state index >= 15 is 0 Å². The summed E-state index contributed by atoms with van der Waals surface area (Å²) in [5.41, 5.74) is -1.55. The lowest BCUT2D eigenvalue weighted by atomic mass is 9.82. The number of benzene rings is 1. The molecule has 0 saturated carbocycles. The zero-order chi connectivity index (χ0) is 16.2. The predicted octanol–water partition coefficient (Wildman–Crippen LogP) is 2.72. The first-order valence-corrected chi connectivity index (χ1v) is 6.43. The molecule has 0 heterocycles. The van der Waals surface area contributed by atoms with Crippen LogP contribution in [-0.4, -0.2) is 23.5 Å². The molecule has 0 radical (unpaired) electrons. The summed E-state index contributed by atoms with van der Waals surface area (Å²) in [4.78, 5) is 23.1. The van der Waals surface area contributed by atoms with Crippen molar-refractivity contribution < 1.29 is 27.9 Å². The largest absolute Gasteiger partial charge is 0.481 e. The number of hydrogen-bond donors (Lipinski definition) is 2. The number of hydrogen-bond acceptors (Lipinski definition) is 2. The number of aliphatic carboxylic acids is 1. The Morgan fingerprint density at radius 2 is 1.62 bits per heavy atom. The average Bonchev–Trinajstić information content (AvgIpc) is 2.45. The summed E-state index contributed by atoms with van der Waals surface area (Å²) in [6.07, 6.45) is 0.566. The second-order valence-corrected chi connectivity index (χ2v) is 4.73. The summed E-state index contributed by atoms with van der Waals surface area (Å²) in [6, 6.07) is 1.13. The van der Waals surface area contributed by atoms with Crippen molar-refractivity contribution in [3.05, 3.63) is 35.1 Å². The Morgan fingerprint density at radius 1 is 1.14 bits per heavy atom. The van der Waals surface area contributed by atoms with Crippen molar-refractivity contribution >= 4 is 11.9 Å². The molecule has 4 nitrogen and oxygen atoms in total. The summed E-state index contributed by atoms with van der Waals surface area (Å²) in [5.74, 6) is -6.54. The lowest BCUT2D eigenvalue weighted by Gasteiger charge is -2.26. The molecule has 21 heavy (non-hydrogen) atoms. The van der Waals surface area contributed by atoms with Crippen LogP contribution in [0.2, 0.25) is 0 Å². The molecule has 0 unspecified atom stereocenters. The molecule has 0 atom stereocenters. The molecule has 0 aliphatic carbocycles. The van der Waals surface area contributed by atoms with Crippen molar-refractivity contribution in [3.63, 3.8) is 0 Å². The number of nitrogens with one attached hydrogen (secondary N) is 1. The Labute approximate surface area is 120 Å². The minimum absolute atomic E-state index is 0.186. The fraction of sp³-hybridized carbons (Fsp3) is 0.429. The van der Waals surface area contributed by atoms with Crippen molar-refractivity contribution in [1.82, 2.24) is 5.32 Å². The van der Waals surface area contributed by atoms with E-state index in [-0.39, 0.29) is 19.4 Å². The van der Waals surface area contributed by atoms with E-state index in [9.17, 15) is 27.9 Å². The van der Waals surface area contributed by atoms with Crippen LogP contribution >= 0.6 is 0 Å². The van der Waals surface area contributed by atoms with Gasteiger partial charge >= 0.3 is 5.97 Å². The van der Waals surface area contributed by atoms with Crippen molar-refractivity contribution in [2.75, 3.05) is 6.54 Å². The Kier molecular flexibility index (Phi) is 5.34. The summed E-state index contributed by atoms with van der Waals surface area (Å²) in [6.45, 7) is 3.15. The minimum atomic E-state index is -1.66. The summed E-state index contributed by atoms with van der Waals surface area (Å²) >= 11 is 0. The number of carbonyl (C=O) groups is 2. The van der Waals surface area contributed by atoms with Crippen LogP contribution in [0.4, 0.5) is 13.2 Å². The van der Waals surface area contributed by atoms with E-state index < -0.39 is 40.3 Å². The van der Waals surface area contributed by atoms with Crippen LogP contribution in [-0.2, 0) is 4.79 Å². The number of carboxylic acid groups (broad SMARTS) is 1. The first-order chi connectivity index (χ1) is 9.77. The predicted molar refractivity (Wildman–Crippen MR) is 69.3 cm³/mol. The van der Waals surface area contributed by atoms with Gasteiger partial charge in [-0.25, -0.2) is 13.2 Å². The molecule has 1 amide bonds. The van der Waals surface area contributed by atoms with E-state index in [1.807, 2.05) is 0 Å². The summed E-state index contributed by atoms with van der Waals surface area (Å²) < 4.78 is 38.9. The van der Waals surface area contributed by atoms with E-state index in [1.165, 1.54) is 0 Å². The Balaban J connectivity index is 2.89. The number of rotatable bonds is 6. The molecule has 7 heteroatoms. The molecule has 1 rings (SSSR count). The lowest BCUT2D eigenvalue weighted by Crippen LogP contribution is -2.42. The van der Waals surface area contributed by atoms with Gasteiger partial charge in [0, 0.05) is 12.1 Å². The molecule has 0 aliphatic heterocycles. The van der Waals surface area contributed by atoms with Gasteiger partial charge in [0.05, 0.1) is 5.41 Å². The van der Waals surface area contributed by atoms with E-state index in [0.717, 1.165) is 0 Å². The van der Waals surface area contributed by atoms with Gasteiger partial charge in [0.25, 0.3) is 5.91 Å². The van der Waals surface area contributed by atoms with Gasteiger partial charge in [0.1, 0.15) is 0 Å². The SMILES string of the molecule is CCC(CC)(CNC(=O)c1cc(F)c(F)c(F)c1)C(=O)O. The van der Waals surface area contributed by atoms with Gasteiger partial charge in [-0.3, -0.25) is 9.59 Å². The van der Waals surface area contributed by atoms with Crippen LogP contribution in [0.1, 0.15) is 37.0 Å². The fourth-order valence-electron chi connectivity index (χ4n) is 1.92. The fourth-order valence-corrected chi connectivity index (χ4v) is 1.92. The zero-order valence-corrected chi connectivity index (χ0v) is 11.7. The molecular formula is C14H16F3NO3. The van der Waals surface area contributed by atoms with E-state index in [1.54, 1.807) is 13.8 Å². The van der Waals surface area contributed by atoms with Crippen LogP contribution in [0.25, 0.3) is 0 Å². The van der Waals surface area contributed by atoms with Gasteiger partial charge in [0.15, 0.2) is 17.5 Å². The Morgan fingerprint density at radius 3 is 2.00 bits per heavy atom. The van der Waals surface area contributed by atoms with Crippen molar-refractivity contribution in [2.24, 2.45) is 5.41 Å². The maximum absolute atomic E-state index is 13.0. The third-order valence-electron chi connectivity index (χ3n) is 3.64. The third kappa shape index (κ3) is 3.53. The van der Waals surface area contributed by atoms with E-state index in [0.29, 0.717) is 12.1 Å². The highest BCUT2D eigenvalue weighted by Crippen LogP contribution is 2.26. The van der Waals surface area contributed by atoms with Gasteiger partial charge in [0.2, 0.25) is 0 Å². The van der Waals surface area contributed by atoms with Gasteiger partial charge in [-0.2, -0.15) is 0 Å². The lowest BCUT2D eigenvalue weighted by molar-refractivity contribution is -0.149. The van der Waals surface area contributed by atoms with Crippen molar-refractivity contribution in [2.45, 2.75) is 26.7 Å². The first-order valence-electron chi connectivity index (χ1n) is 6.43. The zero-order valence-electron chi connectivity index (χ0n) is 11.7. The van der Waals surface area contributed by atoms with Crippen LogP contribution in [0.5, 0.6) is 0 Å². The second kappa shape index (κ2) is 6.60. The van der Waals surface area contributed by atoms with Gasteiger partial charge < -0.3 is 10.4 Å². The van der Waals surface area contributed by atoms with E-state index in [4.69, 9.17) is 0 Å². The average molecular weight is 303 g/mol. The topological polar surface area (TPSA) is 66.4 Å². The molecular weight excluding hydrogens is 287 g/mol. The highest BCUT2D eigenvalue weighted by molar-refractivity contribution is 5.94. The maximum atomic E-state index is 13.0. The molecule has 0 aromatic heterocycles. The normalized spacial score (nSPS) is 11.3. The second-order valence-electron chi connectivity index (χ2n) is 4.73. The van der Waals surface area contributed by atoms with Crippen LogP contribution in [0.3, 0.4) is 0 Å². The van der Waals surface area contributed by atoms with Crippen molar-refractivity contribution in [1.29, 1.82) is 0 Å². The monoisotopic (exact) mass is 303 g/mol. The first kappa shape index (κ1) is 17.0. The standard InChI is InChI=1S/C14H16F3NO3/c1-3-14(4-2,13(20)21)7-18-12(19)8-5-9(15)11(17)10(16)6-8/h5-6H,3-4,7H2,1-2H3,(H,18,19)(H,20,21). The minimum Gasteiger partial charge on any atom is -0.481 e. The van der Waals surface area contributed by atoms with Crippen LogP contribution in [0, 0.1) is 22.9 Å².